The minimum Gasteiger partial charge on any atom is -0.476 e. The lowest BCUT2D eigenvalue weighted by atomic mass is 10.3. The van der Waals surface area contributed by atoms with Crippen LogP contribution in [0.4, 0.5) is 5.69 Å². The van der Waals surface area contributed by atoms with E-state index in [2.05, 4.69) is 5.10 Å². The van der Waals surface area contributed by atoms with Crippen molar-refractivity contribution in [1.29, 1.82) is 0 Å². The van der Waals surface area contributed by atoms with Gasteiger partial charge < -0.3 is 10.8 Å². The molecule has 2 aromatic rings. The molecule has 0 aliphatic rings. The highest BCUT2D eigenvalue weighted by Gasteiger charge is 2.09. The average Bonchev–Trinajstić information content (AvgIpc) is 2.30. The molecule has 0 amide bonds. The van der Waals surface area contributed by atoms with Gasteiger partial charge in [0.05, 0.1) is 0 Å². The molecule has 0 aliphatic carbocycles. The summed E-state index contributed by atoms with van der Waals surface area (Å²) in [7, 11) is 0. The van der Waals surface area contributed by atoms with Crippen molar-refractivity contribution < 1.29 is 9.90 Å². The molecular weight excluding hydrogens is 240 g/mol. The van der Waals surface area contributed by atoms with Crippen LogP contribution in [0.15, 0.2) is 39.9 Å². The fourth-order valence-electron chi connectivity index (χ4n) is 0.946. The number of para-hydroxylation sites is 1. The summed E-state index contributed by atoms with van der Waals surface area (Å²) in [4.78, 5) is 32.7. The number of hydrogen-bond donors (Lipinski definition) is 4. The molecule has 1 aromatic heterocycles. The molecule has 1 aromatic carbocycles. The van der Waals surface area contributed by atoms with E-state index in [1.165, 1.54) is 0 Å². The normalized spacial score (nSPS) is 9.11. The van der Waals surface area contributed by atoms with Gasteiger partial charge in [-0.05, 0) is 12.1 Å². The number of aromatic amines is 2. The van der Waals surface area contributed by atoms with E-state index in [1.54, 1.807) is 10.1 Å². The molecule has 0 saturated heterocycles. The van der Waals surface area contributed by atoms with Crippen LogP contribution in [0.25, 0.3) is 0 Å². The van der Waals surface area contributed by atoms with E-state index in [1.807, 2.05) is 30.3 Å². The zero-order valence-electron chi connectivity index (χ0n) is 9.08. The Kier molecular flexibility index (Phi) is 4.38. The standard InChI is InChI=1S/C6H7N.C4H3N3O4/c7-6-4-2-1-3-5-6;8-2-1(3(9)10)6-7-4(11)5-2/h1-5H,7H2;(H,9,10)(H2,5,7,8,11). The van der Waals surface area contributed by atoms with Gasteiger partial charge in [-0.2, -0.15) is 5.10 Å². The summed E-state index contributed by atoms with van der Waals surface area (Å²) in [5.74, 6) is -1.48. The molecule has 8 nitrogen and oxygen atoms in total. The van der Waals surface area contributed by atoms with Gasteiger partial charge >= 0.3 is 11.7 Å². The predicted molar refractivity (Wildman–Crippen MR) is 63.3 cm³/mol. The molecule has 0 atom stereocenters. The van der Waals surface area contributed by atoms with E-state index in [4.69, 9.17) is 10.8 Å². The largest absolute Gasteiger partial charge is 0.476 e. The third-order valence-corrected chi connectivity index (χ3v) is 1.71. The van der Waals surface area contributed by atoms with Crippen LogP contribution in [-0.2, 0) is 0 Å². The van der Waals surface area contributed by atoms with Gasteiger partial charge in [0.1, 0.15) is 0 Å². The predicted octanol–water partition coefficient (Wildman–Crippen LogP) is -0.575. The van der Waals surface area contributed by atoms with Crippen LogP contribution in [0.5, 0.6) is 0 Å². The maximum absolute atomic E-state index is 10.6. The number of aromatic carboxylic acids is 1. The second kappa shape index (κ2) is 5.99. The van der Waals surface area contributed by atoms with E-state index < -0.39 is 22.9 Å². The second-order valence-electron chi connectivity index (χ2n) is 3.07. The molecule has 0 spiro atoms. The van der Waals surface area contributed by atoms with Gasteiger partial charge in [0.15, 0.2) is 0 Å². The number of carboxylic acid groups (broad SMARTS) is 1. The molecule has 5 N–H and O–H groups in total. The summed E-state index contributed by atoms with van der Waals surface area (Å²) in [6.45, 7) is 0. The van der Waals surface area contributed by atoms with Crippen LogP contribution >= 0.6 is 0 Å². The molecular formula is C10H10N4O4. The van der Waals surface area contributed by atoms with E-state index in [0.717, 1.165) is 5.69 Å². The summed E-state index contributed by atoms with van der Waals surface area (Å²) >= 11 is 0. The number of hydrogen-bond acceptors (Lipinski definition) is 5. The quantitative estimate of drug-likeness (QED) is 0.499. The molecule has 2 rings (SSSR count). The third kappa shape index (κ3) is 3.93. The lowest BCUT2D eigenvalue weighted by molar-refractivity contribution is 0.0686. The van der Waals surface area contributed by atoms with Crippen molar-refractivity contribution in [2.45, 2.75) is 0 Å². The van der Waals surface area contributed by atoms with Crippen molar-refractivity contribution in [3.8, 4) is 0 Å². The fourth-order valence-corrected chi connectivity index (χ4v) is 0.946. The third-order valence-electron chi connectivity index (χ3n) is 1.71. The monoisotopic (exact) mass is 250 g/mol. The molecule has 8 heteroatoms. The second-order valence-corrected chi connectivity index (χ2v) is 3.07. The van der Waals surface area contributed by atoms with Crippen molar-refractivity contribution in [2.75, 3.05) is 5.73 Å². The maximum Gasteiger partial charge on any atom is 0.362 e. The minimum atomic E-state index is -1.48. The number of anilines is 1. The Balaban J connectivity index is 0.000000199. The molecule has 94 valence electrons. The summed E-state index contributed by atoms with van der Waals surface area (Å²) in [5, 5.41) is 13.0. The van der Waals surface area contributed by atoms with Crippen molar-refractivity contribution in [3.05, 3.63) is 56.9 Å². The molecule has 0 radical (unpaired) electrons. The van der Waals surface area contributed by atoms with Gasteiger partial charge in [-0.3, -0.25) is 9.78 Å². The van der Waals surface area contributed by atoms with Crippen LogP contribution < -0.4 is 17.0 Å². The lowest BCUT2D eigenvalue weighted by Crippen LogP contribution is -2.29. The number of carbonyl (C=O) groups is 1. The van der Waals surface area contributed by atoms with Gasteiger partial charge in [-0.15, -0.1) is 0 Å². The molecule has 0 unspecified atom stereocenters. The fraction of sp³-hybridized carbons (Fsp3) is 0. The first kappa shape index (κ1) is 13.2. The Morgan fingerprint density at radius 2 is 1.83 bits per heavy atom. The first-order chi connectivity index (χ1) is 8.50. The Bertz CT molecular complexity index is 632. The molecule has 0 bridgehead atoms. The van der Waals surface area contributed by atoms with Crippen LogP contribution in [0.1, 0.15) is 10.5 Å². The number of nitrogen functional groups attached to an aromatic ring is 1. The van der Waals surface area contributed by atoms with Gasteiger partial charge in [0.25, 0.3) is 5.56 Å². The maximum atomic E-state index is 10.6. The average molecular weight is 250 g/mol. The molecule has 18 heavy (non-hydrogen) atoms. The highest BCUT2D eigenvalue weighted by atomic mass is 16.4. The smallest absolute Gasteiger partial charge is 0.362 e. The number of aromatic nitrogens is 3. The molecule has 0 fully saturated rings. The number of rotatable bonds is 1. The Labute approximate surface area is 100 Å². The first-order valence-electron chi connectivity index (χ1n) is 4.73. The van der Waals surface area contributed by atoms with Crippen LogP contribution in [0, 0.1) is 0 Å². The summed E-state index contributed by atoms with van der Waals surface area (Å²) in [6.07, 6.45) is 0. The lowest BCUT2D eigenvalue weighted by Gasteiger charge is -1.87. The number of nitrogens with two attached hydrogens (primary N) is 1. The highest BCUT2D eigenvalue weighted by Crippen LogP contribution is 1.95. The highest BCUT2D eigenvalue weighted by molar-refractivity contribution is 5.84. The molecule has 0 aliphatic heterocycles. The van der Waals surface area contributed by atoms with Crippen LogP contribution in [-0.4, -0.2) is 26.3 Å². The van der Waals surface area contributed by atoms with Crippen LogP contribution in [0.3, 0.4) is 0 Å². The SMILES string of the molecule is Nc1ccccc1.O=C(O)c1n[nH]c(=O)[nH]c1=O. The minimum absolute atomic E-state index is 0.732. The Morgan fingerprint density at radius 1 is 1.22 bits per heavy atom. The van der Waals surface area contributed by atoms with E-state index in [9.17, 15) is 14.4 Å². The van der Waals surface area contributed by atoms with Crippen molar-refractivity contribution in [1.82, 2.24) is 15.2 Å². The summed E-state index contributed by atoms with van der Waals surface area (Å²) < 4.78 is 0. The Morgan fingerprint density at radius 3 is 2.22 bits per heavy atom. The van der Waals surface area contributed by atoms with E-state index in [0.29, 0.717) is 0 Å². The molecule has 0 saturated carbocycles. The van der Waals surface area contributed by atoms with Gasteiger partial charge in [0, 0.05) is 5.69 Å². The van der Waals surface area contributed by atoms with Crippen molar-refractivity contribution in [2.24, 2.45) is 0 Å². The topological polar surface area (TPSA) is 142 Å². The number of carboxylic acids is 1. The number of nitrogens with one attached hydrogen (secondary N) is 2. The zero-order valence-corrected chi connectivity index (χ0v) is 9.08. The van der Waals surface area contributed by atoms with Crippen molar-refractivity contribution >= 4 is 11.7 Å². The first-order valence-corrected chi connectivity index (χ1v) is 4.73. The zero-order chi connectivity index (χ0) is 13.5. The van der Waals surface area contributed by atoms with Crippen molar-refractivity contribution in [3.63, 3.8) is 0 Å². The number of nitrogens with zero attached hydrogens (tertiary/aromatic N) is 1. The summed E-state index contributed by atoms with van der Waals surface area (Å²) in [6, 6.07) is 9.49. The Hall–Kier alpha value is -2.90. The number of H-pyrrole nitrogens is 2. The molecule has 1 heterocycles. The summed E-state index contributed by atoms with van der Waals surface area (Å²) in [5.41, 5.74) is 3.60. The van der Waals surface area contributed by atoms with Gasteiger partial charge in [0.2, 0.25) is 5.69 Å². The van der Waals surface area contributed by atoms with Gasteiger partial charge in [-0.1, -0.05) is 18.2 Å². The van der Waals surface area contributed by atoms with Crippen LogP contribution in [0.2, 0.25) is 0 Å². The van der Waals surface area contributed by atoms with E-state index in [-0.39, 0.29) is 0 Å². The van der Waals surface area contributed by atoms with E-state index >= 15 is 0 Å². The number of benzene rings is 1. The van der Waals surface area contributed by atoms with Gasteiger partial charge in [-0.25, -0.2) is 14.7 Å².